The normalized spacial score (nSPS) is 34.5. The van der Waals surface area contributed by atoms with Crippen LogP contribution in [0.25, 0.3) is 0 Å². The highest BCUT2D eigenvalue weighted by Crippen LogP contribution is 2.44. The Kier molecular flexibility index (Phi) is 2.67. The van der Waals surface area contributed by atoms with Gasteiger partial charge in [0.15, 0.2) is 0 Å². The Morgan fingerprint density at radius 2 is 2.11 bits per heavy atom. The fourth-order valence-corrected chi connectivity index (χ4v) is 3.34. The number of cyclic esters (lactones) is 1. The Morgan fingerprint density at radius 1 is 1.33 bits per heavy atom. The van der Waals surface area contributed by atoms with Gasteiger partial charge in [0.25, 0.3) is 0 Å². The molecule has 0 bridgehead atoms. The Hall–Kier alpha value is -1.35. The van der Waals surface area contributed by atoms with Crippen LogP contribution in [-0.2, 0) is 9.53 Å². The molecule has 3 rings (SSSR count). The van der Waals surface area contributed by atoms with Gasteiger partial charge in [-0.25, -0.2) is 0 Å². The van der Waals surface area contributed by atoms with Crippen molar-refractivity contribution in [3.8, 4) is 0 Å². The molecule has 18 heavy (non-hydrogen) atoms. The number of hydrogen-bond donors (Lipinski definition) is 1. The van der Waals surface area contributed by atoms with Gasteiger partial charge in [0.05, 0.1) is 18.6 Å². The first-order valence-electron chi connectivity index (χ1n) is 6.53. The first-order valence-corrected chi connectivity index (χ1v) is 6.53. The molecule has 96 valence electrons. The molecule has 1 saturated heterocycles. The summed E-state index contributed by atoms with van der Waals surface area (Å²) in [6, 6.07) is 6.35. The Bertz CT molecular complexity index is 495. The molecule has 1 N–H and O–H groups in total. The molecule has 1 aliphatic carbocycles. The monoisotopic (exact) mass is 246 g/mol. The molecule has 0 aromatic heterocycles. The van der Waals surface area contributed by atoms with Crippen LogP contribution >= 0.6 is 0 Å². The average Bonchev–Trinajstić information content (AvgIpc) is 2.66. The number of ether oxygens (including phenoxy) is 1. The van der Waals surface area contributed by atoms with Crippen molar-refractivity contribution in [2.24, 2.45) is 5.92 Å². The van der Waals surface area contributed by atoms with Gasteiger partial charge in [-0.2, -0.15) is 0 Å². The predicted molar refractivity (Wildman–Crippen MR) is 67.4 cm³/mol. The number of benzene rings is 1. The molecule has 1 aromatic carbocycles. The SMILES string of the molecule is Cc1ccc2c(c1)[C@H](C)C[C@H](O)[C@@H]1C(=O)OC[C@@H]21. The lowest BCUT2D eigenvalue weighted by molar-refractivity contribution is -0.144. The van der Waals surface area contributed by atoms with Crippen molar-refractivity contribution < 1.29 is 14.6 Å². The third-order valence-electron chi connectivity index (χ3n) is 4.29. The zero-order valence-corrected chi connectivity index (χ0v) is 10.7. The maximum Gasteiger partial charge on any atom is 0.312 e. The molecule has 0 saturated carbocycles. The van der Waals surface area contributed by atoms with Crippen molar-refractivity contribution in [1.82, 2.24) is 0 Å². The summed E-state index contributed by atoms with van der Waals surface area (Å²) in [4.78, 5) is 11.8. The van der Waals surface area contributed by atoms with Gasteiger partial charge in [-0.15, -0.1) is 0 Å². The molecule has 0 spiro atoms. The lowest BCUT2D eigenvalue weighted by Crippen LogP contribution is -2.27. The number of carbonyl (C=O) groups excluding carboxylic acids is 1. The molecule has 3 heteroatoms. The number of carbonyl (C=O) groups is 1. The van der Waals surface area contributed by atoms with E-state index in [0.29, 0.717) is 13.0 Å². The molecule has 0 unspecified atom stereocenters. The summed E-state index contributed by atoms with van der Waals surface area (Å²) in [6.45, 7) is 4.60. The van der Waals surface area contributed by atoms with E-state index >= 15 is 0 Å². The predicted octanol–water partition coefficient (Wildman–Crippen LogP) is 2.12. The highest BCUT2D eigenvalue weighted by molar-refractivity contribution is 5.77. The molecule has 0 amide bonds. The molecule has 1 heterocycles. The number of fused-ring (bicyclic) bond motifs is 3. The second kappa shape index (κ2) is 4.09. The molecule has 2 aliphatic rings. The van der Waals surface area contributed by atoms with Crippen LogP contribution in [0.4, 0.5) is 0 Å². The third kappa shape index (κ3) is 1.65. The first kappa shape index (κ1) is 11.7. The number of aliphatic hydroxyl groups excluding tert-OH is 1. The van der Waals surface area contributed by atoms with E-state index < -0.39 is 6.10 Å². The van der Waals surface area contributed by atoms with Crippen molar-refractivity contribution in [2.45, 2.75) is 38.2 Å². The Morgan fingerprint density at radius 3 is 2.89 bits per heavy atom. The zero-order valence-electron chi connectivity index (χ0n) is 10.7. The molecule has 1 aromatic rings. The molecule has 1 fully saturated rings. The van der Waals surface area contributed by atoms with E-state index in [-0.39, 0.29) is 23.7 Å². The lowest BCUT2D eigenvalue weighted by Gasteiger charge is -2.17. The van der Waals surface area contributed by atoms with Crippen LogP contribution in [0.15, 0.2) is 18.2 Å². The lowest BCUT2D eigenvalue weighted by atomic mass is 9.85. The summed E-state index contributed by atoms with van der Waals surface area (Å²) in [6.07, 6.45) is 0.0416. The minimum Gasteiger partial charge on any atom is -0.465 e. The fraction of sp³-hybridized carbons (Fsp3) is 0.533. The number of hydrogen-bond acceptors (Lipinski definition) is 3. The summed E-state index contributed by atoms with van der Waals surface area (Å²) < 4.78 is 5.15. The van der Waals surface area contributed by atoms with E-state index in [4.69, 9.17) is 4.74 Å². The second-order valence-corrected chi connectivity index (χ2v) is 5.60. The van der Waals surface area contributed by atoms with Crippen LogP contribution in [0, 0.1) is 12.8 Å². The summed E-state index contributed by atoms with van der Waals surface area (Å²) in [5, 5.41) is 10.2. The van der Waals surface area contributed by atoms with Crippen molar-refractivity contribution in [3.63, 3.8) is 0 Å². The van der Waals surface area contributed by atoms with Crippen LogP contribution in [0.1, 0.15) is 41.9 Å². The summed E-state index contributed by atoms with van der Waals surface area (Å²) in [7, 11) is 0. The Labute approximate surface area is 107 Å². The topological polar surface area (TPSA) is 46.5 Å². The Balaban J connectivity index is 2.13. The summed E-state index contributed by atoms with van der Waals surface area (Å²) in [5.74, 6) is -0.314. The molecule has 3 nitrogen and oxygen atoms in total. The van der Waals surface area contributed by atoms with Crippen molar-refractivity contribution in [2.75, 3.05) is 6.61 Å². The number of aryl methyl sites for hydroxylation is 1. The minimum absolute atomic E-state index is 0.0213. The van der Waals surface area contributed by atoms with Gasteiger partial charge in [0, 0.05) is 5.92 Å². The van der Waals surface area contributed by atoms with Crippen LogP contribution in [0.5, 0.6) is 0 Å². The molecule has 1 aliphatic heterocycles. The van der Waals surface area contributed by atoms with E-state index in [1.165, 1.54) is 16.7 Å². The number of rotatable bonds is 0. The van der Waals surface area contributed by atoms with Crippen LogP contribution in [0.3, 0.4) is 0 Å². The van der Waals surface area contributed by atoms with Gasteiger partial charge in [0.1, 0.15) is 0 Å². The van der Waals surface area contributed by atoms with E-state index in [1.807, 2.05) is 0 Å². The average molecular weight is 246 g/mol. The first-order chi connectivity index (χ1) is 8.58. The smallest absolute Gasteiger partial charge is 0.312 e. The van der Waals surface area contributed by atoms with E-state index in [2.05, 4.69) is 32.0 Å². The maximum atomic E-state index is 11.8. The summed E-state index contributed by atoms with van der Waals surface area (Å²) >= 11 is 0. The van der Waals surface area contributed by atoms with E-state index in [0.717, 1.165) is 0 Å². The van der Waals surface area contributed by atoms with Crippen LogP contribution in [-0.4, -0.2) is 23.8 Å². The highest BCUT2D eigenvalue weighted by atomic mass is 16.5. The molecular weight excluding hydrogens is 228 g/mol. The van der Waals surface area contributed by atoms with Crippen molar-refractivity contribution in [1.29, 1.82) is 0 Å². The molecule has 0 radical (unpaired) electrons. The largest absolute Gasteiger partial charge is 0.465 e. The zero-order chi connectivity index (χ0) is 12.9. The van der Waals surface area contributed by atoms with Crippen LogP contribution in [0.2, 0.25) is 0 Å². The fourth-order valence-electron chi connectivity index (χ4n) is 3.34. The second-order valence-electron chi connectivity index (χ2n) is 5.60. The highest BCUT2D eigenvalue weighted by Gasteiger charge is 2.46. The minimum atomic E-state index is -0.590. The molecule has 4 atom stereocenters. The quantitative estimate of drug-likeness (QED) is 0.713. The van der Waals surface area contributed by atoms with E-state index in [1.54, 1.807) is 0 Å². The van der Waals surface area contributed by atoms with Crippen LogP contribution < -0.4 is 0 Å². The van der Waals surface area contributed by atoms with Crippen molar-refractivity contribution in [3.05, 3.63) is 34.9 Å². The van der Waals surface area contributed by atoms with Gasteiger partial charge >= 0.3 is 5.97 Å². The standard InChI is InChI=1S/C15H18O3/c1-8-3-4-10-11(5-8)9(2)6-13(16)14-12(10)7-18-15(14)17/h3-5,9,12-14,16H,6-7H2,1-2H3/t9-,12+,13+,14-/m1/s1. The summed E-state index contributed by atoms with van der Waals surface area (Å²) in [5.41, 5.74) is 3.67. The van der Waals surface area contributed by atoms with Gasteiger partial charge in [0.2, 0.25) is 0 Å². The number of aliphatic hydroxyl groups is 1. The third-order valence-corrected chi connectivity index (χ3v) is 4.29. The molecular formula is C15H18O3. The van der Waals surface area contributed by atoms with Gasteiger partial charge in [-0.05, 0) is 30.4 Å². The van der Waals surface area contributed by atoms with Gasteiger partial charge in [-0.1, -0.05) is 30.7 Å². The van der Waals surface area contributed by atoms with E-state index in [9.17, 15) is 9.90 Å². The van der Waals surface area contributed by atoms with Gasteiger partial charge < -0.3 is 9.84 Å². The number of esters is 1. The van der Waals surface area contributed by atoms with Gasteiger partial charge in [-0.3, -0.25) is 4.79 Å². The maximum absolute atomic E-state index is 11.8. The van der Waals surface area contributed by atoms with Crippen molar-refractivity contribution >= 4 is 5.97 Å².